The summed E-state index contributed by atoms with van der Waals surface area (Å²) in [6.07, 6.45) is 0. The monoisotopic (exact) mass is 778 g/mol. The van der Waals surface area contributed by atoms with Gasteiger partial charge in [0, 0.05) is 58.5 Å². The summed E-state index contributed by atoms with van der Waals surface area (Å²) < 4.78 is 15.9. The molecule has 0 amide bonds. The average molecular weight is 779 g/mol. The Bertz CT molecular complexity index is 3340. The third-order valence-corrected chi connectivity index (χ3v) is 10.7. The maximum atomic E-state index is 13.2. The number of ether oxygens (including phenoxy) is 2. The summed E-state index contributed by atoms with van der Waals surface area (Å²) in [7, 11) is 6.57. The first-order valence-corrected chi connectivity index (χ1v) is 18.0. The third-order valence-electron chi connectivity index (χ3n) is 10.7. The number of nitrogens with one attached hydrogen (secondary N) is 1. The number of phenols is 1. The molecule has 9 rings (SSSR count). The van der Waals surface area contributed by atoms with E-state index in [-0.39, 0.29) is 42.8 Å². The summed E-state index contributed by atoms with van der Waals surface area (Å²) in [5.41, 5.74) is 4.02. The number of fused-ring (bicyclic) bond motifs is 8. The van der Waals surface area contributed by atoms with Gasteiger partial charge in [-0.05, 0) is 77.7 Å². The highest BCUT2D eigenvalue weighted by atomic mass is 16.5. The summed E-state index contributed by atoms with van der Waals surface area (Å²) in [4.78, 5) is 53.2. The van der Waals surface area contributed by atoms with E-state index < -0.39 is 0 Å². The van der Waals surface area contributed by atoms with Crippen LogP contribution >= 0.6 is 0 Å². The molecule has 0 saturated heterocycles. The number of phenolic OH excluding ortho intramolecular Hbond substituents is 1. The number of aryl methyl sites for hydroxylation is 4. The van der Waals surface area contributed by atoms with Crippen molar-refractivity contribution in [3.05, 3.63) is 155 Å². The second-order valence-corrected chi connectivity index (χ2v) is 14.0. The molecule has 11 nitrogen and oxygen atoms in total. The van der Waals surface area contributed by atoms with Crippen molar-refractivity contribution in [3.8, 4) is 17.2 Å². The Morgan fingerprint density at radius 2 is 1.10 bits per heavy atom. The molecule has 0 spiro atoms. The number of rotatable bonds is 4. The van der Waals surface area contributed by atoms with Crippen molar-refractivity contribution in [3.63, 3.8) is 0 Å². The number of pyridine rings is 4. The molecule has 0 aliphatic rings. The highest BCUT2D eigenvalue weighted by molar-refractivity contribution is 6.15. The van der Waals surface area contributed by atoms with E-state index in [1.165, 1.54) is 10.6 Å². The molecular weight excluding hydrogens is 733 g/mol. The van der Waals surface area contributed by atoms with Crippen LogP contribution in [0.3, 0.4) is 0 Å². The lowest BCUT2D eigenvalue weighted by Crippen LogP contribution is -2.23. The molecule has 11 heteroatoms. The predicted octanol–water partition coefficient (Wildman–Crippen LogP) is 8.20. The second kappa shape index (κ2) is 15.4. The molecule has 0 unspecified atom stereocenters. The number of hydrogen-bond donors (Lipinski definition) is 2. The van der Waals surface area contributed by atoms with Crippen molar-refractivity contribution in [1.29, 1.82) is 0 Å². The Balaban J connectivity index is 0.000000200. The van der Waals surface area contributed by atoms with E-state index in [1.807, 2.05) is 86.6 Å². The molecule has 4 heterocycles. The van der Waals surface area contributed by atoms with Crippen LogP contribution in [0.4, 0.5) is 0 Å². The zero-order valence-electron chi connectivity index (χ0n) is 31.7. The largest absolute Gasteiger partial charge is 0.504 e. The summed E-state index contributed by atoms with van der Waals surface area (Å²) in [6, 6.07) is 29.7. The molecule has 2 N–H and O–H groups in total. The number of hydrogen-bond acceptors (Lipinski definition) is 7. The lowest BCUT2D eigenvalue weighted by Gasteiger charge is -2.19. The normalized spacial score (nSPS) is 11.1. The van der Waals surface area contributed by atoms with E-state index in [0.717, 1.165) is 54.8 Å². The molecule has 58 heavy (non-hydrogen) atoms. The molecule has 0 aliphatic heterocycles. The fraction of sp³-hybridized carbons (Fsp3) is 0.191. The van der Waals surface area contributed by atoms with Crippen LogP contribution in [0.1, 0.15) is 31.5 Å². The molecule has 0 atom stereocenters. The summed E-state index contributed by atoms with van der Waals surface area (Å²) in [6.45, 7) is 4.12. The van der Waals surface area contributed by atoms with Crippen LogP contribution in [0.25, 0.3) is 65.2 Å². The van der Waals surface area contributed by atoms with Crippen LogP contribution in [-0.4, -0.2) is 38.0 Å². The SMILES string of the molecule is C.C.COc1ccc(Cn2c(=O)cc(C)c3cc4c5ccccc5c(=O)n(C)c4c(OC)c32)cc1.Cc1cc(=O)[nH]c2c(O)c3c(cc12)c1ccccc1c(=O)n3C. The van der Waals surface area contributed by atoms with Crippen LogP contribution in [0.5, 0.6) is 17.2 Å². The van der Waals surface area contributed by atoms with E-state index in [9.17, 15) is 24.3 Å². The fourth-order valence-corrected chi connectivity index (χ4v) is 7.91. The first-order chi connectivity index (χ1) is 26.9. The highest BCUT2D eigenvalue weighted by Gasteiger charge is 2.21. The Labute approximate surface area is 333 Å². The number of aromatic nitrogens is 4. The summed E-state index contributed by atoms with van der Waals surface area (Å²) in [5, 5.41) is 17.0. The molecule has 0 bridgehead atoms. The van der Waals surface area contributed by atoms with E-state index >= 15 is 0 Å². The molecule has 0 aliphatic carbocycles. The van der Waals surface area contributed by atoms with Gasteiger partial charge in [0.15, 0.2) is 11.5 Å². The number of methoxy groups -OCH3 is 2. The maximum absolute atomic E-state index is 13.2. The van der Waals surface area contributed by atoms with Crippen molar-refractivity contribution in [1.82, 2.24) is 18.7 Å². The van der Waals surface area contributed by atoms with Crippen LogP contribution in [0.2, 0.25) is 0 Å². The van der Waals surface area contributed by atoms with Crippen molar-refractivity contribution < 1.29 is 14.6 Å². The van der Waals surface area contributed by atoms with Gasteiger partial charge >= 0.3 is 0 Å². The molecule has 0 saturated carbocycles. The van der Waals surface area contributed by atoms with Gasteiger partial charge in [-0.15, -0.1) is 0 Å². The molecule has 5 aromatic carbocycles. The van der Waals surface area contributed by atoms with Crippen LogP contribution < -0.4 is 31.7 Å². The predicted molar refractivity (Wildman–Crippen MR) is 237 cm³/mol. The molecule has 9 aromatic rings. The van der Waals surface area contributed by atoms with E-state index in [1.54, 1.807) is 49.6 Å². The first-order valence-electron chi connectivity index (χ1n) is 18.0. The first kappa shape index (κ1) is 40.5. The Morgan fingerprint density at radius 3 is 1.67 bits per heavy atom. The molecule has 296 valence electrons. The number of aromatic amines is 1. The molecule has 0 radical (unpaired) electrons. The minimum atomic E-state index is -0.282. The highest BCUT2D eigenvalue weighted by Crippen LogP contribution is 2.38. The zero-order valence-corrected chi connectivity index (χ0v) is 31.7. The second-order valence-electron chi connectivity index (χ2n) is 14.0. The van der Waals surface area contributed by atoms with Gasteiger partial charge in [-0.3, -0.25) is 19.2 Å². The summed E-state index contributed by atoms with van der Waals surface area (Å²) in [5.74, 6) is 1.19. The number of nitrogens with zero attached hydrogens (tertiary/aromatic N) is 3. The summed E-state index contributed by atoms with van der Waals surface area (Å²) >= 11 is 0. The zero-order chi connectivity index (χ0) is 39.6. The van der Waals surface area contributed by atoms with Gasteiger partial charge in [0.1, 0.15) is 5.75 Å². The standard InChI is InChI=1S/C27H24N2O4.C18H14N2O3.2CH4/c1-16-13-23(30)29(15-17-9-11-18(32-3)12-10-17)25-21(16)14-22-19-7-5-6-8-20(19)27(31)28(2)24(22)26(25)33-4;1-9-7-14(21)19-15-12(9)8-13-10-5-3-4-6-11(10)18(23)20(2)16(13)17(15)22;;/h5-14H,15H2,1-4H3;3-8,22H,1-2H3,(H,19,21);2*1H4. The minimum absolute atomic E-state index is 0. The van der Waals surface area contributed by atoms with Crippen molar-refractivity contribution >= 4 is 65.2 Å². The van der Waals surface area contributed by atoms with Crippen molar-refractivity contribution in [2.45, 2.75) is 35.2 Å². The van der Waals surface area contributed by atoms with Gasteiger partial charge in [-0.1, -0.05) is 63.4 Å². The topological polar surface area (TPSA) is 138 Å². The van der Waals surface area contributed by atoms with E-state index in [0.29, 0.717) is 45.1 Å². The fourth-order valence-electron chi connectivity index (χ4n) is 7.91. The van der Waals surface area contributed by atoms with Gasteiger partial charge in [-0.2, -0.15) is 0 Å². The Morgan fingerprint density at radius 1 is 0.586 bits per heavy atom. The maximum Gasteiger partial charge on any atom is 0.258 e. The molecule has 0 fully saturated rings. The lowest BCUT2D eigenvalue weighted by atomic mass is 10.0. The van der Waals surface area contributed by atoms with Crippen LogP contribution in [0, 0.1) is 13.8 Å². The minimum Gasteiger partial charge on any atom is -0.504 e. The Kier molecular flexibility index (Phi) is 10.8. The smallest absolute Gasteiger partial charge is 0.258 e. The Hall–Kier alpha value is -7.14. The van der Waals surface area contributed by atoms with Crippen LogP contribution in [-0.2, 0) is 20.6 Å². The quantitative estimate of drug-likeness (QED) is 0.136. The van der Waals surface area contributed by atoms with Gasteiger partial charge in [0.25, 0.3) is 16.7 Å². The number of H-pyrrole nitrogens is 1. The molecule has 4 aromatic heterocycles. The molecular formula is C47H46N4O7. The van der Waals surface area contributed by atoms with Crippen molar-refractivity contribution in [2.75, 3.05) is 14.2 Å². The van der Waals surface area contributed by atoms with Crippen molar-refractivity contribution in [2.24, 2.45) is 14.1 Å². The van der Waals surface area contributed by atoms with E-state index in [4.69, 9.17) is 9.47 Å². The number of aromatic hydroxyl groups is 1. The third kappa shape index (κ3) is 6.34. The van der Waals surface area contributed by atoms with E-state index in [2.05, 4.69) is 11.1 Å². The van der Waals surface area contributed by atoms with Gasteiger partial charge in [0.2, 0.25) is 5.56 Å². The van der Waals surface area contributed by atoms with Gasteiger partial charge < -0.3 is 33.3 Å². The number of benzene rings is 5. The van der Waals surface area contributed by atoms with Gasteiger partial charge in [-0.25, -0.2) is 0 Å². The lowest BCUT2D eigenvalue weighted by molar-refractivity contribution is 0.414. The van der Waals surface area contributed by atoms with Gasteiger partial charge in [0.05, 0.1) is 42.8 Å². The van der Waals surface area contributed by atoms with Crippen LogP contribution in [0.15, 0.2) is 116 Å². The average Bonchev–Trinajstić information content (AvgIpc) is 3.20.